The molecule has 0 spiro atoms. The molecule has 0 aliphatic carbocycles. The van der Waals surface area contributed by atoms with E-state index in [1.165, 1.54) is 30.3 Å². The zero-order valence-electron chi connectivity index (χ0n) is 9.69. The van der Waals surface area contributed by atoms with Crippen LogP contribution in [0.2, 0.25) is 5.15 Å². The number of halogens is 1. The molecule has 1 aliphatic rings. The summed E-state index contributed by atoms with van der Waals surface area (Å²) in [6.07, 6.45) is 3.88. The van der Waals surface area contributed by atoms with Gasteiger partial charge in [-0.1, -0.05) is 29.8 Å². The summed E-state index contributed by atoms with van der Waals surface area (Å²) in [5, 5.41) is 1.79. The molecule has 1 saturated heterocycles. The molecule has 2 aromatic rings. The summed E-state index contributed by atoms with van der Waals surface area (Å²) >= 11 is 6.11. The molecule has 3 rings (SSSR count). The highest BCUT2D eigenvalue weighted by Gasteiger charge is 2.14. The van der Waals surface area contributed by atoms with Crippen molar-refractivity contribution in [2.24, 2.45) is 0 Å². The van der Waals surface area contributed by atoms with Crippen LogP contribution in [0.1, 0.15) is 19.3 Å². The van der Waals surface area contributed by atoms with Gasteiger partial charge in [0.05, 0.1) is 5.52 Å². The van der Waals surface area contributed by atoms with Crippen LogP contribution < -0.4 is 4.90 Å². The second-order valence-corrected chi connectivity index (χ2v) is 4.92. The number of rotatable bonds is 1. The third-order valence-electron chi connectivity index (χ3n) is 3.36. The van der Waals surface area contributed by atoms with E-state index < -0.39 is 0 Å². The number of hydrogen-bond acceptors (Lipinski definition) is 2. The first-order valence-electron chi connectivity index (χ1n) is 6.15. The predicted octanol–water partition coefficient (Wildman–Crippen LogP) is 3.88. The quantitative estimate of drug-likeness (QED) is 0.710. The van der Waals surface area contributed by atoms with Gasteiger partial charge in [0.15, 0.2) is 0 Å². The lowest BCUT2D eigenvalue weighted by molar-refractivity contribution is 0.579. The Morgan fingerprint density at radius 3 is 2.65 bits per heavy atom. The highest BCUT2D eigenvalue weighted by atomic mass is 35.5. The van der Waals surface area contributed by atoms with Crippen LogP contribution in [-0.2, 0) is 0 Å². The summed E-state index contributed by atoms with van der Waals surface area (Å²) in [6, 6.07) is 10.2. The van der Waals surface area contributed by atoms with E-state index >= 15 is 0 Å². The van der Waals surface area contributed by atoms with Crippen LogP contribution in [-0.4, -0.2) is 18.1 Å². The van der Waals surface area contributed by atoms with Crippen LogP contribution >= 0.6 is 11.6 Å². The van der Waals surface area contributed by atoms with Gasteiger partial charge in [-0.3, -0.25) is 0 Å². The van der Waals surface area contributed by atoms with Gasteiger partial charge in [0.2, 0.25) is 0 Å². The van der Waals surface area contributed by atoms with Crippen molar-refractivity contribution in [2.75, 3.05) is 18.0 Å². The van der Waals surface area contributed by atoms with Crippen molar-refractivity contribution >= 4 is 28.2 Å². The molecule has 3 heteroatoms. The predicted molar refractivity (Wildman–Crippen MR) is 72.8 cm³/mol. The summed E-state index contributed by atoms with van der Waals surface area (Å²) in [5.74, 6) is 0. The van der Waals surface area contributed by atoms with Gasteiger partial charge in [-0.25, -0.2) is 4.98 Å². The van der Waals surface area contributed by atoms with E-state index in [2.05, 4.69) is 22.0 Å². The third kappa shape index (κ3) is 2.09. The van der Waals surface area contributed by atoms with Crippen molar-refractivity contribution in [2.45, 2.75) is 19.3 Å². The summed E-state index contributed by atoms with van der Waals surface area (Å²) < 4.78 is 0. The normalized spacial score (nSPS) is 16.4. The zero-order chi connectivity index (χ0) is 11.7. The van der Waals surface area contributed by atoms with Crippen LogP contribution in [0.4, 0.5) is 5.69 Å². The number of para-hydroxylation sites is 1. The summed E-state index contributed by atoms with van der Waals surface area (Å²) in [5.41, 5.74) is 2.22. The molecule has 88 valence electrons. The minimum atomic E-state index is 0.587. The average molecular weight is 247 g/mol. The smallest absolute Gasteiger partial charge is 0.131 e. The van der Waals surface area contributed by atoms with Crippen LogP contribution in [0.15, 0.2) is 30.3 Å². The van der Waals surface area contributed by atoms with Crippen molar-refractivity contribution in [1.29, 1.82) is 0 Å². The van der Waals surface area contributed by atoms with Gasteiger partial charge in [-0.05, 0) is 31.4 Å². The molecule has 1 fully saturated rings. The molecule has 17 heavy (non-hydrogen) atoms. The number of anilines is 1. The van der Waals surface area contributed by atoms with E-state index in [9.17, 15) is 0 Å². The van der Waals surface area contributed by atoms with Crippen molar-refractivity contribution in [3.63, 3.8) is 0 Å². The summed E-state index contributed by atoms with van der Waals surface area (Å²) in [6.45, 7) is 2.26. The Hall–Kier alpha value is -1.28. The molecule has 2 heterocycles. The molecular weight excluding hydrogens is 232 g/mol. The molecular formula is C14H15ClN2. The first-order valence-corrected chi connectivity index (χ1v) is 6.52. The number of piperidine rings is 1. The van der Waals surface area contributed by atoms with E-state index in [4.69, 9.17) is 11.6 Å². The van der Waals surface area contributed by atoms with E-state index in [0.717, 1.165) is 18.6 Å². The largest absolute Gasteiger partial charge is 0.371 e. The first kappa shape index (κ1) is 10.8. The van der Waals surface area contributed by atoms with Crippen LogP contribution in [0.3, 0.4) is 0 Å². The minimum Gasteiger partial charge on any atom is -0.371 e. The number of fused-ring (bicyclic) bond motifs is 1. The SMILES string of the molecule is Clc1cc(N2CCCCC2)c2ccccc2n1. The Bertz CT molecular complexity index is 533. The van der Waals surface area contributed by atoms with Crippen molar-refractivity contribution < 1.29 is 0 Å². The Morgan fingerprint density at radius 2 is 1.82 bits per heavy atom. The molecule has 1 aromatic heterocycles. The molecule has 2 nitrogen and oxygen atoms in total. The lowest BCUT2D eigenvalue weighted by Gasteiger charge is -2.29. The van der Waals surface area contributed by atoms with Crippen molar-refractivity contribution in [3.8, 4) is 0 Å². The molecule has 0 amide bonds. The minimum absolute atomic E-state index is 0.587. The number of hydrogen-bond donors (Lipinski definition) is 0. The molecule has 0 unspecified atom stereocenters. The van der Waals surface area contributed by atoms with Crippen molar-refractivity contribution in [3.05, 3.63) is 35.5 Å². The standard InChI is InChI=1S/C14H15ClN2/c15-14-10-13(17-8-4-1-5-9-17)11-6-2-3-7-12(11)16-14/h2-3,6-7,10H,1,4-5,8-9H2. The van der Waals surface area contributed by atoms with E-state index in [1.54, 1.807) is 0 Å². The van der Waals surface area contributed by atoms with Gasteiger partial charge in [-0.2, -0.15) is 0 Å². The van der Waals surface area contributed by atoms with Gasteiger partial charge in [0.25, 0.3) is 0 Å². The van der Waals surface area contributed by atoms with Gasteiger partial charge in [0.1, 0.15) is 5.15 Å². The summed E-state index contributed by atoms with van der Waals surface area (Å²) in [4.78, 5) is 6.80. The Kier molecular flexibility index (Phi) is 2.89. The fraction of sp³-hybridized carbons (Fsp3) is 0.357. The first-order chi connectivity index (χ1) is 8.34. The molecule has 1 aliphatic heterocycles. The Morgan fingerprint density at radius 1 is 1.06 bits per heavy atom. The average Bonchev–Trinajstić information content (AvgIpc) is 2.39. The lowest BCUT2D eigenvalue weighted by Crippen LogP contribution is -2.29. The Balaban J connectivity index is 2.13. The van der Waals surface area contributed by atoms with Gasteiger partial charge in [0, 0.05) is 24.2 Å². The highest BCUT2D eigenvalue weighted by molar-refractivity contribution is 6.30. The number of aromatic nitrogens is 1. The maximum atomic E-state index is 6.11. The number of nitrogens with zero attached hydrogens (tertiary/aromatic N) is 2. The second kappa shape index (κ2) is 4.53. The van der Waals surface area contributed by atoms with Gasteiger partial charge < -0.3 is 4.90 Å². The van der Waals surface area contributed by atoms with Crippen LogP contribution in [0, 0.1) is 0 Å². The van der Waals surface area contributed by atoms with Gasteiger partial charge in [-0.15, -0.1) is 0 Å². The maximum absolute atomic E-state index is 6.11. The number of benzene rings is 1. The molecule has 0 N–H and O–H groups in total. The molecule has 0 bridgehead atoms. The van der Waals surface area contributed by atoms with E-state index in [0.29, 0.717) is 5.15 Å². The van der Waals surface area contributed by atoms with E-state index in [-0.39, 0.29) is 0 Å². The second-order valence-electron chi connectivity index (χ2n) is 4.53. The van der Waals surface area contributed by atoms with Crippen LogP contribution in [0.25, 0.3) is 10.9 Å². The highest BCUT2D eigenvalue weighted by Crippen LogP contribution is 2.30. The Labute approximate surface area is 106 Å². The zero-order valence-corrected chi connectivity index (χ0v) is 10.5. The molecule has 1 aromatic carbocycles. The van der Waals surface area contributed by atoms with Gasteiger partial charge >= 0.3 is 0 Å². The van der Waals surface area contributed by atoms with E-state index in [1.807, 2.05) is 18.2 Å². The molecule has 0 radical (unpaired) electrons. The maximum Gasteiger partial charge on any atom is 0.131 e. The number of pyridine rings is 1. The third-order valence-corrected chi connectivity index (χ3v) is 3.55. The lowest BCUT2D eigenvalue weighted by atomic mass is 10.1. The summed E-state index contributed by atoms with van der Waals surface area (Å²) in [7, 11) is 0. The van der Waals surface area contributed by atoms with Crippen molar-refractivity contribution in [1.82, 2.24) is 4.98 Å². The molecule has 0 saturated carbocycles. The monoisotopic (exact) mass is 246 g/mol. The molecule has 0 atom stereocenters. The topological polar surface area (TPSA) is 16.1 Å². The van der Waals surface area contributed by atoms with Crippen LogP contribution in [0.5, 0.6) is 0 Å². The fourth-order valence-corrected chi connectivity index (χ4v) is 2.72. The fourth-order valence-electron chi connectivity index (χ4n) is 2.52.